The third-order valence-electron chi connectivity index (χ3n) is 3.52. The Bertz CT molecular complexity index is 451. The van der Waals surface area contributed by atoms with E-state index in [0.717, 1.165) is 28.7 Å². The standard InChI is InChI=1S/C14H18BrN3/c15-12-5-4-11(10-17)14(9-12)18-8-2-1-3-13(18)6-7-16/h4-5,9,13H,1-3,6-8,16H2. The number of piperidine rings is 1. The molecule has 1 fully saturated rings. The SMILES string of the molecule is N#Cc1ccc(Br)cc1N1CCCCC1CCN. The van der Waals surface area contributed by atoms with Crippen LogP contribution in [0.3, 0.4) is 0 Å². The second kappa shape index (κ2) is 6.21. The summed E-state index contributed by atoms with van der Waals surface area (Å²) < 4.78 is 1.02. The van der Waals surface area contributed by atoms with E-state index in [1.807, 2.05) is 18.2 Å². The van der Waals surface area contributed by atoms with Gasteiger partial charge in [-0.2, -0.15) is 5.26 Å². The Hall–Kier alpha value is -1.05. The van der Waals surface area contributed by atoms with Gasteiger partial charge in [-0.05, 0) is 50.4 Å². The highest BCUT2D eigenvalue weighted by Crippen LogP contribution is 2.31. The summed E-state index contributed by atoms with van der Waals surface area (Å²) in [5.74, 6) is 0. The van der Waals surface area contributed by atoms with E-state index in [4.69, 9.17) is 5.73 Å². The Kier molecular flexibility index (Phi) is 4.62. The van der Waals surface area contributed by atoms with E-state index in [1.165, 1.54) is 19.3 Å². The maximum Gasteiger partial charge on any atom is 0.101 e. The number of nitriles is 1. The van der Waals surface area contributed by atoms with Crippen molar-refractivity contribution in [2.75, 3.05) is 18.0 Å². The van der Waals surface area contributed by atoms with Crippen molar-refractivity contribution < 1.29 is 0 Å². The number of hydrogen-bond donors (Lipinski definition) is 1. The molecule has 0 amide bonds. The van der Waals surface area contributed by atoms with E-state index in [9.17, 15) is 5.26 Å². The molecule has 1 aliphatic heterocycles. The highest BCUT2D eigenvalue weighted by Gasteiger charge is 2.23. The first-order valence-electron chi connectivity index (χ1n) is 6.42. The normalized spacial score (nSPS) is 19.6. The third-order valence-corrected chi connectivity index (χ3v) is 4.01. The summed E-state index contributed by atoms with van der Waals surface area (Å²) in [4.78, 5) is 2.36. The van der Waals surface area contributed by atoms with Crippen LogP contribution in [0.2, 0.25) is 0 Å². The van der Waals surface area contributed by atoms with Crippen LogP contribution >= 0.6 is 15.9 Å². The molecule has 4 heteroatoms. The van der Waals surface area contributed by atoms with Gasteiger partial charge in [-0.1, -0.05) is 15.9 Å². The fraction of sp³-hybridized carbons (Fsp3) is 0.500. The van der Waals surface area contributed by atoms with Crippen molar-refractivity contribution in [2.45, 2.75) is 31.7 Å². The monoisotopic (exact) mass is 307 g/mol. The lowest BCUT2D eigenvalue weighted by atomic mass is 9.97. The van der Waals surface area contributed by atoms with Gasteiger partial charge in [-0.15, -0.1) is 0 Å². The summed E-state index contributed by atoms with van der Waals surface area (Å²) >= 11 is 3.49. The minimum atomic E-state index is 0.477. The second-order valence-corrected chi connectivity index (χ2v) is 5.61. The zero-order valence-corrected chi connectivity index (χ0v) is 12.0. The number of hydrogen-bond acceptors (Lipinski definition) is 3. The van der Waals surface area contributed by atoms with Crippen LogP contribution in [0.5, 0.6) is 0 Å². The molecule has 0 bridgehead atoms. The molecule has 18 heavy (non-hydrogen) atoms. The average Bonchev–Trinajstić information content (AvgIpc) is 2.40. The highest BCUT2D eigenvalue weighted by molar-refractivity contribution is 9.10. The van der Waals surface area contributed by atoms with Crippen LogP contribution in [0.4, 0.5) is 5.69 Å². The molecule has 1 aromatic rings. The van der Waals surface area contributed by atoms with Gasteiger partial charge < -0.3 is 10.6 Å². The summed E-state index contributed by atoms with van der Waals surface area (Å²) in [7, 11) is 0. The Morgan fingerprint density at radius 3 is 3.00 bits per heavy atom. The fourth-order valence-corrected chi connectivity index (χ4v) is 3.00. The fourth-order valence-electron chi connectivity index (χ4n) is 2.65. The largest absolute Gasteiger partial charge is 0.367 e. The van der Waals surface area contributed by atoms with Gasteiger partial charge in [0.1, 0.15) is 6.07 Å². The lowest BCUT2D eigenvalue weighted by Gasteiger charge is -2.38. The van der Waals surface area contributed by atoms with Gasteiger partial charge in [0.25, 0.3) is 0 Å². The van der Waals surface area contributed by atoms with Crippen LogP contribution in [0.15, 0.2) is 22.7 Å². The van der Waals surface area contributed by atoms with Crippen molar-refractivity contribution in [2.24, 2.45) is 5.73 Å². The lowest BCUT2D eigenvalue weighted by Crippen LogP contribution is -2.41. The van der Waals surface area contributed by atoms with Crippen LogP contribution in [0.25, 0.3) is 0 Å². The molecule has 0 saturated carbocycles. The molecule has 0 radical (unpaired) electrons. The third kappa shape index (κ3) is 2.85. The number of benzene rings is 1. The molecule has 1 aromatic carbocycles. The van der Waals surface area contributed by atoms with E-state index in [-0.39, 0.29) is 0 Å². The molecule has 1 saturated heterocycles. The molecule has 1 unspecified atom stereocenters. The molecule has 3 nitrogen and oxygen atoms in total. The van der Waals surface area contributed by atoms with Gasteiger partial charge in [-0.25, -0.2) is 0 Å². The quantitative estimate of drug-likeness (QED) is 0.934. The van der Waals surface area contributed by atoms with Crippen LogP contribution < -0.4 is 10.6 Å². The van der Waals surface area contributed by atoms with Crippen molar-refractivity contribution >= 4 is 21.6 Å². The van der Waals surface area contributed by atoms with Gasteiger partial charge in [0.15, 0.2) is 0 Å². The van der Waals surface area contributed by atoms with Crippen molar-refractivity contribution in [3.8, 4) is 6.07 Å². The molecule has 2 N–H and O–H groups in total. The molecule has 1 aliphatic rings. The number of halogens is 1. The van der Waals surface area contributed by atoms with Crippen LogP contribution in [-0.4, -0.2) is 19.1 Å². The molecule has 0 aromatic heterocycles. The minimum absolute atomic E-state index is 0.477. The summed E-state index contributed by atoms with van der Waals surface area (Å²) in [5, 5.41) is 9.24. The lowest BCUT2D eigenvalue weighted by molar-refractivity contribution is 0.441. The van der Waals surface area contributed by atoms with Gasteiger partial charge >= 0.3 is 0 Å². The number of anilines is 1. The van der Waals surface area contributed by atoms with Crippen molar-refractivity contribution in [1.82, 2.24) is 0 Å². The van der Waals surface area contributed by atoms with E-state index in [2.05, 4.69) is 26.9 Å². The smallest absolute Gasteiger partial charge is 0.101 e. The van der Waals surface area contributed by atoms with Crippen molar-refractivity contribution in [1.29, 1.82) is 5.26 Å². The molecular weight excluding hydrogens is 290 g/mol. The molecule has 0 spiro atoms. The van der Waals surface area contributed by atoms with Gasteiger partial charge in [0.2, 0.25) is 0 Å². The Balaban J connectivity index is 2.33. The van der Waals surface area contributed by atoms with E-state index in [0.29, 0.717) is 12.6 Å². The molecule has 2 rings (SSSR count). The highest BCUT2D eigenvalue weighted by atomic mass is 79.9. The summed E-state index contributed by atoms with van der Waals surface area (Å²) in [5.41, 5.74) is 7.50. The zero-order chi connectivity index (χ0) is 13.0. The molecule has 0 aliphatic carbocycles. The summed E-state index contributed by atoms with van der Waals surface area (Å²) in [6.45, 7) is 1.73. The first kappa shape index (κ1) is 13.4. The van der Waals surface area contributed by atoms with E-state index in [1.54, 1.807) is 0 Å². The van der Waals surface area contributed by atoms with Gasteiger partial charge in [0.05, 0.1) is 11.3 Å². The second-order valence-electron chi connectivity index (χ2n) is 4.69. The molecule has 1 heterocycles. The number of rotatable bonds is 3. The maximum absolute atomic E-state index is 9.24. The van der Waals surface area contributed by atoms with Gasteiger partial charge in [0, 0.05) is 17.1 Å². The zero-order valence-electron chi connectivity index (χ0n) is 10.4. The van der Waals surface area contributed by atoms with Crippen molar-refractivity contribution in [3.63, 3.8) is 0 Å². The van der Waals surface area contributed by atoms with Gasteiger partial charge in [-0.3, -0.25) is 0 Å². The molecule has 96 valence electrons. The van der Waals surface area contributed by atoms with Crippen molar-refractivity contribution in [3.05, 3.63) is 28.2 Å². The Morgan fingerprint density at radius 1 is 1.44 bits per heavy atom. The first-order valence-corrected chi connectivity index (χ1v) is 7.22. The van der Waals surface area contributed by atoms with Crippen LogP contribution in [-0.2, 0) is 0 Å². The summed E-state index contributed by atoms with van der Waals surface area (Å²) in [6, 6.07) is 8.62. The van der Waals surface area contributed by atoms with Crippen LogP contribution in [0.1, 0.15) is 31.2 Å². The predicted octanol–water partition coefficient (Wildman–Crippen LogP) is 3.03. The predicted molar refractivity (Wildman–Crippen MR) is 77.5 cm³/mol. The topological polar surface area (TPSA) is 53.0 Å². The Morgan fingerprint density at radius 2 is 2.28 bits per heavy atom. The number of nitrogens with zero attached hydrogens (tertiary/aromatic N) is 2. The Labute approximate surface area is 117 Å². The first-order chi connectivity index (χ1) is 8.76. The van der Waals surface area contributed by atoms with E-state index >= 15 is 0 Å². The average molecular weight is 308 g/mol. The minimum Gasteiger partial charge on any atom is -0.367 e. The molecule has 1 atom stereocenters. The maximum atomic E-state index is 9.24. The number of nitrogens with two attached hydrogens (primary N) is 1. The van der Waals surface area contributed by atoms with E-state index < -0.39 is 0 Å². The van der Waals surface area contributed by atoms with Crippen LogP contribution in [0, 0.1) is 11.3 Å². The summed E-state index contributed by atoms with van der Waals surface area (Å²) in [6.07, 6.45) is 4.63. The molecular formula is C14H18BrN3.